The van der Waals surface area contributed by atoms with Crippen molar-refractivity contribution in [2.24, 2.45) is 5.92 Å². The third-order valence-corrected chi connectivity index (χ3v) is 5.37. The first-order valence-electron chi connectivity index (χ1n) is 9.87. The Kier molecular flexibility index (Phi) is 7.11. The topological polar surface area (TPSA) is 100 Å². The number of aliphatic hydroxyl groups is 1. The first-order chi connectivity index (χ1) is 13.6. The number of nitrogens with zero attached hydrogens (tertiary/aromatic N) is 1. The SMILES string of the molecule is CC(C(=O)NCc1ccc2c(c1)OCO2)N1CCC(C(=O)NCCCO)CC1. The number of aliphatic hydroxyl groups excluding tert-OH is 1. The molecule has 1 aromatic rings. The zero-order chi connectivity index (χ0) is 19.9. The van der Waals surface area contributed by atoms with Crippen LogP contribution in [0.2, 0.25) is 0 Å². The van der Waals surface area contributed by atoms with Gasteiger partial charge in [0.1, 0.15) is 0 Å². The predicted molar refractivity (Wildman–Crippen MR) is 103 cm³/mol. The van der Waals surface area contributed by atoms with E-state index in [-0.39, 0.29) is 37.2 Å². The van der Waals surface area contributed by atoms with Crippen molar-refractivity contribution in [3.05, 3.63) is 23.8 Å². The highest BCUT2D eigenvalue weighted by molar-refractivity contribution is 5.81. The molecule has 0 radical (unpaired) electrons. The molecule has 3 rings (SSSR count). The van der Waals surface area contributed by atoms with Crippen molar-refractivity contribution in [2.45, 2.75) is 38.8 Å². The normalized spacial score (nSPS) is 17.9. The molecular weight excluding hydrogens is 362 g/mol. The van der Waals surface area contributed by atoms with Crippen molar-refractivity contribution >= 4 is 11.8 Å². The lowest BCUT2D eigenvalue weighted by Gasteiger charge is -2.34. The number of benzene rings is 1. The molecule has 1 atom stereocenters. The molecule has 8 heteroatoms. The number of likely N-dealkylation sites (tertiary alicyclic amines) is 1. The smallest absolute Gasteiger partial charge is 0.237 e. The van der Waals surface area contributed by atoms with Crippen molar-refractivity contribution in [3.8, 4) is 11.5 Å². The molecule has 0 bridgehead atoms. The molecule has 0 aromatic heterocycles. The minimum absolute atomic E-state index is 0.0150. The Balaban J connectivity index is 1.41. The maximum Gasteiger partial charge on any atom is 0.237 e. The number of piperidine rings is 1. The van der Waals surface area contributed by atoms with Crippen LogP contribution in [0.4, 0.5) is 0 Å². The van der Waals surface area contributed by atoms with Crippen LogP contribution in [-0.4, -0.2) is 60.9 Å². The van der Waals surface area contributed by atoms with Gasteiger partial charge in [0.05, 0.1) is 6.04 Å². The van der Waals surface area contributed by atoms with Crippen LogP contribution in [0.25, 0.3) is 0 Å². The average Bonchev–Trinajstić information content (AvgIpc) is 3.19. The standard InChI is InChI=1S/C20H29N3O5/c1-14(23-8-5-16(6-9-23)20(26)21-7-2-10-24)19(25)22-12-15-3-4-17-18(11-15)28-13-27-17/h3-4,11,14,16,24H,2,5-10,12-13H2,1H3,(H,21,26)(H,22,25). The molecule has 0 spiro atoms. The van der Waals surface area contributed by atoms with Crippen molar-refractivity contribution in [3.63, 3.8) is 0 Å². The molecule has 2 amide bonds. The van der Waals surface area contributed by atoms with Crippen LogP contribution >= 0.6 is 0 Å². The Hall–Kier alpha value is -2.32. The lowest BCUT2D eigenvalue weighted by atomic mass is 9.95. The molecule has 8 nitrogen and oxygen atoms in total. The quantitative estimate of drug-likeness (QED) is 0.562. The fraction of sp³-hybridized carbons (Fsp3) is 0.600. The van der Waals surface area contributed by atoms with E-state index < -0.39 is 0 Å². The van der Waals surface area contributed by atoms with E-state index in [9.17, 15) is 9.59 Å². The average molecular weight is 391 g/mol. The highest BCUT2D eigenvalue weighted by atomic mass is 16.7. The fourth-order valence-electron chi connectivity index (χ4n) is 3.54. The summed E-state index contributed by atoms with van der Waals surface area (Å²) in [5, 5.41) is 14.6. The summed E-state index contributed by atoms with van der Waals surface area (Å²) in [6, 6.07) is 5.41. The second-order valence-corrected chi connectivity index (χ2v) is 7.26. The maximum atomic E-state index is 12.5. The van der Waals surface area contributed by atoms with Gasteiger partial charge in [0.2, 0.25) is 18.6 Å². The molecule has 2 aliphatic heterocycles. The van der Waals surface area contributed by atoms with Gasteiger partial charge in [-0.3, -0.25) is 14.5 Å². The molecule has 2 heterocycles. The van der Waals surface area contributed by atoms with Crippen LogP contribution in [0, 0.1) is 5.92 Å². The van der Waals surface area contributed by atoms with Gasteiger partial charge in [0, 0.05) is 25.6 Å². The number of carbonyl (C=O) groups excluding carboxylic acids is 2. The van der Waals surface area contributed by atoms with E-state index in [1.54, 1.807) is 0 Å². The molecule has 154 valence electrons. The number of nitrogens with one attached hydrogen (secondary N) is 2. The molecule has 2 aliphatic rings. The van der Waals surface area contributed by atoms with Crippen molar-refractivity contribution in [1.82, 2.24) is 15.5 Å². The van der Waals surface area contributed by atoms with Gasteiger partial charge in [0.15, 0.2) is 11.5 Å². The van der Waals surface area contributed by atoms with Crippen LogP contribution < -0.4 is 20.1 Å². The van der Waals surface area contributed by atoms with E-state index >= 15 is 0 Å². The monoisotopic (exact) mass is 391 g/mol. The Morgan fingerprint density at radius 2 is 1.96 bits per heavy atom. The van der Waals surface area contributed by atoms with E-state index in [1.165, 1.54) is 0 Å². The molecule has 1 saturated heterocycles. The van der Waals surface area contributed by atoms with Crippen molar-refractivity contribution in [1.29, 1.82) is 0 Å². The number of rotatable bonds is 8. The van der Waals surface area contributed by atoms with Crippen molar-refractivity contribution < 1.29 is 24.2 Å². The van der Waals surface area contributed by atoms with Crippen molar-refractivity contribution in [2.75, 3.05) is 33.0 Å². The van der Waals surface area contributed by atoms with Gasteiger partial charge in [-0.2, -0.15) is 0 Å². The summed E-state index contributed by atoms with van der Waals surface area (Å²) < 4.78 is 10.7. The number of hydrogen-bond acceptors (Lipinski definition) is 6. The zero-order valence-electron chi connectivity index (χ0n) is 16.3. The lowest BCUT2D eigenvalue weighted by Crippen LogP contribution is -2.49. The summed E-state index contributed by atoms with van der Waals surface area (Å²) >= 11 is 0. The number of hydrogen-bond donors (Lipinski definition) is 3. The number of carbonyl (C=O) groups is 2. The molecule has 28 heavy (non-hydrogen) atoms. The van der Waals surface area contributed by atoms with Crippen LogP contribution in [0.5, 0.6) is 11.5 Å². The van der Waals surface area contributed by atoms with E-state index in [1.807, 2.05) is 25.1 Å². The Bertz CT molecular complexity index is 688. The Morgan fingerprint density at radius 1 is 1.21 bits per heavy atom. The second-order valence-electron chi connectivity index (χ2n) is 7.26. The minimum Gasteiger partial charge on any atom is -0.454 e. The molecule has 1 unspecified atom stereocenters. The van der Waals surface area contributed by atoms with Gasteiger partial charge in [-0.25, -0.2) is 0 Å². The zero-order valence-corrected chi connectivity index (χ0v) is 16.3. The molecule has 0 saturated carbocycles. The lowest BCUT2D eigenvalue weighted by molar-refractivity contribution is -0.128. The second kappa shape index (κ2) is 9.75. The Labute approximate surface area is 165 Å². The summed E-state index contributed by atoms with van der Waals surface area (Å²) in [4.78, 5) is 26.8. The van der Waals surface area contributed by atoms with Gasteiger partial charge >= 0.3 is 0 Å². The first-order valence-corrected chi connectivity index (χ1v) is 9.87. The summed E-state index contributed by atoms with van der Waals surface area (Å²) in [5.41, 5.74) is 0.961. The van der Waals surface area contributed by atoms with Gasteiger partial charge in [-0.05, 0) is 57.0 Å². The summed E-state index contributed by atoms with van der Waals surface area (Å²) in [6.45, 7) is 4.59. The minimum atomic E-state index is -0.243. The van der Waals surface area contributed by atoms with E-state index in [0.717, 1.165) is 37.2 Å². The first kappa shape index (κ1) is 20.4. The van der Waals surface area contributed by atoms with E-state index in [0.29, 0.717) is 25.3 Å². The van der Waals surface area contributed by atoms with Crippen LogP contribution in [0.15, 0.2) is 18.2 Å². The third kappa shape index (κ3) is 5.14. The summed E-state index contributed by atoms with van der Waals surface area (Å²) in [7, 11) is 0. The number of fused-ring (bicyclic) bond motifs is 1. The molecule has 1 aromatic carbocycles. The molecular formula is C20H29N3O5. The van der Waals surface area contributed by atoms with Crippen LogP contribution in [-0.2, 0) is 16.1 Å². The van der Waals surface area contributed by atoms with Crippen LogP contribution in [0.1, 0.15) is 31.7 Å². The predicted octanol–water partition coefficient (Wildman–Crippen LogP) is 0.631. The van der Waals surface area contributed by atoms with Gasteiger partial charge in [0.25, 0.3) is 0 Å². The third-order valence-electron chi connectivity index (χ3n) is 5.37. The van der Waals surface area contributed by atoms with Gasteiger partial charge < -0.3 is 25.2 Å². The Morgan fingerprint density at radius 3 is 2.71 bits per heavy atom. The number of amides is 2. The highest BCUT2D eigenvalue weighted by Gasteiger charge is 2.29. The fourth-order valence-corrected chi connectivity index (χ4v) is 3.54. The van der Waals surface area contributed by atoms with Crippen LogP contribution in [0.3, 0.4) is 0 Å². The largest absolute Gasteiger partial charge is 0.454 e. The summed E-state index contributed by atoms with van der Waals surface area (Å²) in [6.07, 6.45) is 2.06. The molecule has 3 N–H and O–H groups in total. The molecule has 1 fully saturated rings. The highest BCUT2D eigenvalue weighted by Crippen LogP contribution is 2.32. The van der Waals surface area contributed by atoms with Gasteiger partial charge in [-0.1, -0.05) is 6.07 Å². The van der Waals surface area contributed by atoms with E-state index in [4.69, 9.17) is 14.6 Å². The van der Waals surface area contributed by atoms with Gasteiger partial charge in [-0.15, -0.1) is 0 Å². The number of ether oxygens (including phenoxy) is 2. The summed E-state index contributed by atoms with van der Waals surface area (Å²) in [5.74, 6) is 1.45. The maximum absolute atomic E-state index is 12.5. The van der Waals surface area contributed by atoms with E-state index in [2.05, 4.69) is 15.5 Å². The molecule has 0 aliphatic carbocycles.